The normalized spacial score (nSPS) is 17.8. The van der Waals surface area contributed by atoms with E-state index in [1.807, 2.05) is 12.1 Å². The van der Waals surface area contributed by atoms with Gasteiger partial charge in [-0.2, -0.15) is 0 Å². The fourth-order valence-corrected chi connectivity index (χ4v) is 5.61. The Morgan fingerprint density at radius 3 is 2.29 bits per heavy atom. The van der Waals surface area contributed by atoms with Crippen molar-refractivity contribution in [3.8, 4) is 5.75 Å². The Balaban J connectivity index is 1.52. The molecule has 34 heavy (non-hydrogen) atoms. The highest BCUT2D eigenvalue weighted by molar-refractivity contribution is 9.10. The zero-order chi connectivity index (χ0) is 23.5. The molecule has 2 aromatic heterocycles. The molecule has 2 N–H and O–H groups in total. The average molecular weight is 525 g/mol. The van der Waals surface area contributed by atoms with Crippen LogP contribution in [0.15, 0.2) is 35.1 Å². The number of hydrogen-bond acceptors (Lipinski definition) is 6. The Morgan fingerprint density at radius 2 is 1.59 bits per heavy atom. The number of piperidine rings is 2. The van der Waals surface area contributed by atoms with E-state index in [9.17, 15) is 5.11 Å². The topological polar surface area (TPSA) is 64.5 Å². The first-order valence-corrected chi connectivity index (χ1v) is 13.3. The monoisotopic (exact) mass is 523 g/mol. The molecule has 2 aliphatic rings. The molecular formula is C27H34BrN5O. The lowest BCUT2D eigenvalue weighted by atomic mass is 9.97. The molecule has 3 aromatic rings. The van der Waals surface area contributed by atoms with Crippen molar-refractivity contribution in [2.45, 2.75) is 58.5 Å². The Bertz CT molecular complexity index is 1160. The van der Waals surface area contributed by atoms with Gasteiger partial charge in [0, 0.05) is 35.5 Å². The summed E-state index contributed by atoms with van der Waals surface area (Å²) in [6.07, 6.45) is 11.2. The molecule has 5 rings (SSSR count). The van der Waals surface area contributed by atoms with E-state index in [1.165, 1.54) is 49.7 Å². The van der Waals surface area contributed by atoms with Crippen molar-refractivity contribution in [2.75, 3.05) is 31.5 Å². The minimum atomic E-state index is 0.354. The number of pyridine rings is 2. The van der Waals surface area contributed by atoms with E-state index >= 15 is 0 Å². The minimum absolute atomic E-state index is 0.354. The highest BCUT2D eigenvalue weighted by atomic mass is 79.9. The highest BCUT2D eigenvalue weighted by Crippen LogP contribution is 2.38. The first-order chi connectivity index (χ1) is 16.6. The summed E-state index contributed by atoms with van der Waals surface area (Å²) in [5, 5.41) is 15.0. The standard InChI is InChI=1S/C27H34BrN5O/c1-19-20(17-32-10-4-2-5-11-32)14-25(27(34)22(19)18-33-12-6-3-7-13-33)31-23-8-9-29-24-15-21(28)16-30-26(23)24/h8-9,14-16,34H,2-7,10-13,17-18H2,1H3,(H,29,31). The second-order valence-electron chi connectivity index (χ2n) is 9.71. The molecular weight excluding hydrogens is 490 g/mol. The van der Waals surface area contributed by atoms with Crippen LogP contribution in [0.2, 0.25) is 0 Å². The fourth-order valence-electron chi connectivity index (χ4n) is 5.29. The summed E-state index contributed by atoms with van der Waals surface area (Å²) in [7, 11) is 0. The highest BCUT2D eigenvalue weighted by Gasteiger charge is 2.21. The molecule has 6 nitrogen and oxygen atoms in total. The maximum atomic E-state index is 11.5. The second-order valence-corrected chi connectivity index (χ2v) is 10.6. The lowest BCUT2D eigenvalue weighted by molar-refractivity contribution is 0.215. The van der Waals surface area contributed by atoms with E-state index in [1.54, 1.807) is 12.4 Å². The van der Waals surface area contributed by atoms with Crippen molar-refractivity contribution in [1.82, 2.24) is 19.8 Å². The molecule has 180 valence electrons. The van der Waals surface area contributed by atoms with Gasteiger partial charge in [-0.3, -0.25) is 19.8 Å². The van der Waals surface area contributed by atoms with Gasteiger partial charge in [0.05, 0.1) is 16.9 Å². The zero-order valence-electron chi connectivity index (χ0n) is 20.0. The Kier molecular flexibility index (Phi) is 7.32. The predicted molar refractivity (Wildman–Crippen MR) is 142 cm³/mol. The molecule has 0 atom stereocenters. The second kappa shape index (κ2) is 10.6. The van der Waals surface area contributed by atoms with Crippen molar-refractivity contribution in [3.63, 3.8) is 0 Å². The molecule has 0 amide bonds. The van der Waals surface area contributed by atoms with Crippen LogP contribution in [0, 0.1) is 6.92 Å². The van der Waals surface area contributed by atoms with Crippen LogP contribution in [0.25, 0.3) is 11.0 Å². The molecule has 2 aliphatic heterocycles. The van der Waals surface area contributed by atoms with Gasteiger partial charge in [-0.05, 0) is 104 Å². The van der Waals surface area contributed by atoms with E-state index in [0.717, 1.165) is 71.7 Å². The zero-order valence-corrected chi connectivity index (χ0v) is 21.6. The van der Waals surface area contributed by atoms with Crippen LogP contribution in [0.3, 0.4) is 0 Å². The molecule has 0 unspecified atom stereocenters. The number of fused-ring (bicyclic) bond motifs is 1. The van der Waals surface area contributed by atoms with Crippen molar-refractivity contribution in [1.29, 1.82) is 0 Å². The summed E-state index contributed by atoms with van der Waals surface area (Å²) < 4.78 is 0.899. The van der Waals surface area contributed by atoms with Crippen LogP contribution in [-0.4, -0.2) is 51.1 Å². The van der Waals surface area contributed by atoms with Crippen LogP contribution < -0.4 is 5.32 Å². The fraction of sp³-hybridized carbons (Fsp3) is 0.481. The number of nitrogens with zero attached hydrogens (tertiary/aromatic N) is 4. The van der Waals surface area contributed by atoms with Crippen LogP contribution in [-0.2, 0) is 13.1 Å². The van der Waals surface area contributed by atoms with E-state index in [0.29, 0.717) is 5.75 Å². The summed E-state index contributed by atoms with van der Waals surface area (Å²) in [5.74, 6) is 0.354. The van der Waals surface area contributed by atoms with Gasteiger partial charge in [0.15, 0.2) is 0 Å². The van der Waals surface area contributed by atoms with Gasteiger partial charge >= 0.3 is 0 Å². The van der Waals surface area contributed by atoms with Gasteiger partial charge in [-0.15, -0.1) is 0 Å². The number of aromatic nitrogens is 2. The largest absolute Gasteiger partial charge is 0.505 e. The molecule has 1 aromatic carbocycles. The molecule has 4 heterocycles. The number of hydrogen-bond donors (Lipinski definition) is 2. The average Bonchev–Trinajstić information content (AvgIpc) is 2.86. The third-order valence-corrected chi connectivity index (χ3v) is 7.71. The number of phenolic OH excluding ortho intramolecular Hbond substituents is 1. The minimum Gasteiger partial charge on any atom is -0.505 e. The molecule has 0 radical (unpaired) electrons. The smallest absolute Gasteiger partial charge is 0.143 e. The van der Waals surface area contributed by atoms with Crippen molar-refractivity contribution in [3.05, 3.63) is 51.8 Å². The van der Waals surface area contributed by atoms with E-state index in [2.05, 4.69) is 54.0 Å². The Morgan fingerprint density at radius 1 is 0.912 bits per heavy atom. The molecule has 2 saturated heterocycles. The third-order valence-electron chi connectivity index (χ3n) is 7.28. The number of rotatable bonds is 6. The van der Waals surface area contributed by atoms with Gasteiger partial charge in [-0.1, -0.05) is 12.8 Å². The van der Waals surface area contributed by atoms with Gasteiger partial charge in [-0.25, -0.2) is 0 Å². The summed E-state index contributed by atoms with van der Waals surface area (Å²) >= 11 is 3.48. The number of benzene rings is 1. The van der Waals surface area contributed by atoms with Gasteiger partial charge in [0.2, 0.25) is 0 Å². The Hall–Kier alpha value is -2.22. The van der Waals surface area contributed by atoms with Gasteiger partial charge < -0.3 is 10.4 Å². The number of aromatic hydroxyl groups is 1. The molecule has 7 heteroatoms. The SMILES string of the molecule is Cc1c(CN2CCCCC2)cc(Nc2ccnc3cc(Br)cnc23)c(O)c1CN1CCCCC1. The summed E-state index contributed by atoms with van der Waals surface area (Å²) in [5.41, 5.74) is 6.78. The predicted octanol–water partition coefficient (Wildman–Crippen LogP) is 6.12. The molecule has 0 spiro atoms. The lowest BCUT2D eigenvalue weighted by Gasteiger charge is -2.30. The van der Waals surface area contributed by atoms with Gasteiger partial charge in [0.25, 0.3) is 0 Å². The number of likely N-dealkylation sites (tertiary alicyclic amines) is 2. The first kappa shape index (κ1) is 23.5. The number of anilines is 2. The van der Waals surface area contributed by atoms with Crippen LogP contribution in [0.4, 0.5) is 11.4 Å². The van der Waals surface area contributed by atoms with Crippen molar-refractivity contribution < 1.29 is 5.11 Å². The number of halogens is 1. The molecule has 0 bridgehead atoms. The summed E-state index contributed by atoms with van der Waals surface area (Å²) in [6, 6.07) is 6.04. The maximum Gasteiger partial charge on any atom is 0.143 e. The van der Waals surface area contributed by atoms with Crippen molar-refractivity contribution in [2.24, 2.45) is 0 Å². The quantitative estimate of drug-likeness (QED) is 0.379. The first-order valence-electron chi connectivity index (χ1n) is 12.5. The Labute approximate surface area is 210 Å². The molecule has 0 saturated carbocycles. The molecule has 0 aliphatic carbocycles. The van der Waals surface area contributed by atoms with E-state index < -0.39 is 0 Å². The van der Waals surface area contributed by atoms with Crippen LogP contribution >= 0.6 is 15.9 Å². The van der Waals surface area contributed by atoms with E-state index in [4.69, 9.17) is 0 Å². The summed E-state index contributed by atoms with van der Waals surface area (Å²) in [4.78, 5) is 14.1. The molecule has 2 fully saturated rings. The third kappa shape index (κ3) is 5.21. The van der Waals surface area contributed by atoms with Gasteiger partial charge in [0.1, 0.15) is 11.3 Å². The summed E-state index contributed by atoms with van der Waals surface area (Å²) in [6.45, 7) is 8.41. The lowest BCUT2D eigenvalue weighted by Crippen LogP contribution is -2.31. The van der Waals surface area contributed by atoms with Crippen LogP contribution in [0.5, 0.6) is 5.75 Å². The van der Waals surface area contributed by atoms with Crippen molar-refractivity contribution >= 4 is 38.3 Å². The number of phenols is 1. The maximum absolute atomic E-state index is 11.5. The van der Waals surface area contributed by atoms with E-state index in [-0.39, 0.29) is 0 Å². The number of nitrogens with one attached hydrogen (secondary N) is 1. The van der Waals surface area contributed by atoms with Crippen LogP contribution in [0.1, 0.15) is 55.2 Å².